The molecule has 0 saturated carbocycles. The lowest BCUT2D eigenvalue weighted by Crippen LogP contribution is -2.14. The number of carbonyl (C=O) groups excluding carboxylic acids is 1. The van der Waals surface area contributed by atoms with Crippen molar-refractivity contribution >= 4 is 5.97 Å². The topological polar surface area (TPSA) is 55.8 Å². The Labute approximate surface area is 130 Å². The highest BCUT2D eigenvalue weighted by Gasteiger charge is 2.15. The maximum Gasteiger partial charge on any atom is 0.337 e. The third-order valence-electron chi connectivity index (χ3n) is 3.34. The summed E-state index contributed by atoms with van der Waals surface area (Å²) < 4.78 is 10.3. The number of esters is 1. The molecule has 116 valence electrons. The van der Waals surface area contributed by atoms with Crippen LogP contribution in [-0.4, -0.2) is 18.2 Å². The Kier molecular flexibility index (Phi) is 4.83. The first-order valence-electron chi connectivity index (χ1n) is 7.03. The number of carbonyl (C=O) groups is 1. The van der Waals surface area contributed by atoms with Crippen LogP contribution in [0.25, 0.3) is 0 Å². The molecule has 0 bridgehead atoms. The monoisotopic (exact) mass is 300 g/mol. The maximum atomic E-state index is 11.3. The van der Waals surface area contributed by atoms with E-state index in [1.807, 2.05) is 36.4 Å². The molecular weight excluding hydrogens is 280 g/mol. The third-order valence-corrected chi connectivity index (χ3v) is 3.34. The summed E-state index contributed by atoms with van der Waals surface area (Å²) in [6, 6.07) is 14.4. The Morgan fingerprint density at radius 3 is 2.14 bits per heavy atom. The van der Waals surface area contributed by atoms with Gasteiger partial charge in [0, 0.05) is 0 Å². The first-order chi connectivity index (χ1) is 10.4. The molecule has 0 fully saturated rings. The Balaban J connectivity index is 1.97. The standard InChI is InChI=1S/C18H20O4/c1-18(2,20)15-8-10-16(11-9-15)22-12-13-4-6-14(7-5-13)17(19)21-3/h4-11,20H,12H2,1-3H3. The second kappa shape index (κ2) is 6.62. The van der Waals surface area contributed by atoms with Crippen molar-refractivity contribution < 1.29 is 19.4 Å². The molecule has 0 aliphatic rings. The molecule has 0 radical (unpaired) electrons. The first-order valence-corrected chi connectivity index (χ1v) is 7.03. The number of rotatable bonds is 5. The number of methoxy groups -OCH3 is 1. The van der Waals surface area contributed by atoms with Crippen LogP contribution < -0.4 is 4.74 Å². The van der Waals surface area contributed by atoms with E-state index in [-0.39, 0.29) is 5.97 Å². The molecule has 0 saturated heterocycles. The molecule has 0 heterocycles. The van der Waals surface area contributed by atoms with Gasteiger partial charge in [-0.15, -0.1) is 0 Å². The second-order valence-corrected chi connectivity index (χ2v) is 5.56. The van der Waals surface area contributed by atoms with Crippen LogP contribution in [0.5, 0.6) is 5.75 Å². The van der Waals surface area contributed by atoms with Gasteiger partial charge in [-0.05, 0) is 49.2 Å². The predicted molar refractivity (Wildman–Crippen MR) is 83.8 cm³/mol. The smallest absolute Gasteiger partial charge is 0.337 e. The zero-order chi connectivity index (χ0) is 16.2. The van der Waals surface area contributed by atoms with Crippen molar-refractivity contribution in [2.75, 3.05) is 7.11 Å². The summed E-state index contributed by atoms with van der Waals surface area (Å²) in [5.74, 6) is 0.375. The molecule has 0 unspecified atom stereocenters. The van der Waals surface area contributed by atoms with Crippen molar-refractivity contribution in [2.24, 2.45) is 0 Å². The molecule has 0 amide bonds. The Morgan fingerprint density at radius 1 is 1.05 bits per heavy atom. The van der Waals surface area contributed by atoms with Crippen LogP contribution in [0.1, 0.15) is 35.3 Å². The van der Waals surface area contributed by atoms with Crippen molar-refractivity contribution in [1.82, 2.24) is 0 Å². The summed E-state index contributed by atoms with van der Waals surface area (Å²) in [6.07, 6.45) is 0. The second-order valence-electron chi connectivity index (χ2n) is 5.56. The molecular formula is C18H20O4. The van der Waals surface area contributed by atoms with Crippen molar-refractivity contribution in [3.8, 4) is 5.75 Å². The SMILES string of the molecule is COC(=O)c1ccc(COc2ccc(C(C)(C)O)cc2)cc1. The fraction of sp³-hybridized carbons (Fsp3) is 0.278. The zero-order valence-electron chi connectivity index (χ0n) is 13.0. The van der Waals surface area contributed by atoms with Crippen LogP contribution in [0.15, 0.2) is 48.5 Å². The van der Waals surface area contributed by atoms with E-state index in [2.05, 4.69) is 4.74 Å². The van der Waals surface area contributed by atoms with Crippen molar-refractivity contribution in [1.29, 1.82) is 0 Å². The van der Waals surface area contributed by atoms with Crippen molar-refractivity contribution in [3.05, 3.63) is 65.2 Å². The molecule has 22 heavy (non-hydrogen) atoms. The zero-order valence-corrected chi connectivity index (χ0v) is 13.0. The van der Waals surface area contributed by atoms with E-state index >= 15 is 0 Å². The normalized spacial score (nSPS) is 11.1. The number of ether oxygens (including phenoxy) is 2. The van der Waals surface area contributed by atoms with E-state index in [9.17, 15) is 9.90 Å². The summed E-state index contributed by atoms with van der Waals surface area (Å²) in [6.45, 7) is 3.89. The fourth-order valence-corrected chi connectivity index (χ4v) is 1.98. The van der Waals surface area contributed by atoms with E-state index in [0.717, 1.165) is 16.9 Å². The lowest BCUT2D eigenvalue weighted by molar-refractivity contribution is 0.0600. The minimum Gasteiger partial charge on any atom is -0.489 e. The maximum absolute atomic E-state index is 11.3. The van der Waals surface area contributed by atoms with Gasteiger partial charge < -0.3 is 14.6 Å². The summed E-state index contributed by atoms with van der Waals surface area (Å²) in [7, 11) is 1.36. The number of hydrogen-bond acceptors (Lipinski definition) is 4. The lowest BCUT2D eigenvalue weighted by atomic mass is 9.99. The van der Waals surface area contributed by atoms with Gasteiger partial charge in [0.05, 0.1) is 18.3 Å². The van der Waals surface area contributed by atoms with Gasteiger partial charge in [0.25, 0.3) is 0 Å². The third kappa shape index (κ3) is 4.09. The summed E-state index contributed by atoms with van der Waals surface area (Å²) >= 11 is 0. The molecule has 0 atom stereocenters. The molecule has 0 spiro atoms. The Morgan fingerprint density at radius 2 is 1.64 bits per heavy atom. The van der Waals surface area contributed by atoms with E-state index in [1.54, 1.807) is 26.0 Å². The quantitative estimate of drug-likeness (QED) is 0.861. The molecule has 1 N–H and O–H groups in total. The van der Waals surface area contributed by atoms with Gasteiger partial charge in [0.15, 0.2) is 0 Å². The van der Waals surface area contributed by atoms with E-state index in [4.69, 9.17) is 4.74 Å². The van der Waals surface area contributed by atoms with Crippen molar-refractivity contribution in [3.63, 3.8) is 0 Å². The van der Waals surface area contributed by atoms with Gasteiger partial charge in [-0.3, -0.25) is 0 Å². The molecule has 2 aromatic carbocycles. The predicted octanol–water partition coefficient (Wildman–Crippen LogP) is 3.28. The van der Waals surface area contributed by atoms with E-state index in [0.29, 0.717) is 12.2 Å². The van der Waals surface area contributed by atoms with Crippen LogP contribution >= 0.6 is 0 Å². The van der Waals surface area contributed by atoms with Crippen LogP contribution in [-0.2, 0) is 16.9 Å². The van der Waals surface area contributed by atoms with Crippen LogP contribution in [0, 0.1) is 0 Å². The van der Waals surface area contributed by atoms with Gasteiger partial charge >= 0.3 is 5.97 Å². The highest BCUT2D eigenvalue weighted by molar-refractivity contribution is 5.89. The van der Waals surface area contributed by atoms with Crippen LogP contribution in [0.3, 0.4) is 0 Å². The summed E-state index contributed by atoms with van der Waals surface area (Å²) in [5.41, 5.74) is 1.45. The van der Waals surface area contributed by atoms with E-state index in [1.165, 1.54) is 7.11 Å². The van der Waals surface area contributed by atoms with Gasteiger partial charge in [-0.1, -0.05) is 24.3 Å². The molecule has 2 aromatic rings. The Hall–Kier alpha value is -2.33. The average Bonchev–Trinajstić information content (AvgIpc) is 2.52. The fourth-order valence-electron chi connectivity index (χ4n) is 1.98. The van der Waals surface area contributed by atoms with Crippen LogP contribution in [0.2, 0.25) is 0 Å². The van der Waals surface area contributed by atoms with Gasteiger partial charge in [0.2, 0.25) is 0 Å². The summed E-state index contributed by atoms with van der Waals surface area (Å²) in [4.78, 5) is 11.3. The molecule has 4 heteroatoms. The first kappa shape index (κ1) is 16.0. The minimum absolute atomic E-state index is 0.352. The lowest BCUT2D eigenvalue weighted by Gasteiger charge is -2.18. The van der Waals surface area contributed by atoms with Gasteiger partial charge in [0.1, 0.15) is 12.4 Å². The summed E-state index contributed by atoms with van der Waals surface area (Å²) in [5, 5.41) is 9.90. The highest BCUT2D eigenvalue weighted by atomic mass is 16.5. The van der Waals surface area contributed by atoms with Crippen LogP contribution in [0.4, 0.5) is 0 Å². The molecule has 2 rings (SSSR count). The average molecular weight is 300 g/mol. The van der Waals surface area contributed by atoms with Gasteiger partial charge in [-0.2, -0.15) is 0 Å². The van der Waals surface area contributed by atoms with E-state index < -0.39 is 5.60 Å². The molecule has 0 aliphatic carbocycles. The molecule has 0 aliphatic heterocycles. The number of benzene rings is 2. The number of hydrogen-bond donors (Lipinski definition) is 1. The minimum atomic E-state index is -0.859. The molecule has 0 aromatic heterocycles. The highest BCUT2D eigenvalue weighted by Crippen LogP contribution is 2.22. The number of aliphatic hydroxyl groups is 1. The molecule has 4 nitrogen and oxygen atoms in total. The largest absolute Gasteiger partial charge is 0.489 e. The van der Waals surface area contributed by atoms with Gasteiger partial charge in [-0.25, -0.2) is 4.79 Å². The van der Waals surface area contributed by atoms with Crippen molar-refractivity contribution in [2.45, 2.75) is 26.1 Å². The Bertz CT molecular complexity index is 622.